The highest BCUT2D eigenvalue weighted by Crippen LogP contribution is 2.21. The van der Waals surface area contributed by atoms with E-state index < -0.39 is 5.97 Å². The molecule has 136 valence electrons. The first-order chi connectivity index (χ1) is 12.1. The van der Waals surface area contributed by atoms with Crippen molar-refractivity contribution >= 4 is 11.8 Å². The maximum Gasteiger partial charge on any atom is 0.313 e. The van der Waals surface area contributed by atoms with Crippen LogP contribution in [0.15, 0.2) is 42.0 Å². The molecule has 2 rings (SSSR count). The molecule has 1 aliphatic rings. The lowest BCUT2D eigenvalue weighted by Crippen LogP contribution is -2.40. The SMILES string of the molecule is CCOC(=O)CC(=O)C(C)N(CC1=CCCCC1)Cc1ccccc1. The van der Waals surface area contributed by atoms with Crippen LogP contribution in [0, 0.1) is 0 Å². The van der Waals surface area contributed by atoms with Crippen molar-refractivity contribution in [3.63, 3.8) is 0 Å². The first-order valence-corrected chi connectivity index (χ1v) is 9.24. The maximum atomic E-state index is 12.5. The maximum absolute atomic E-state index is 12.5. The van der Waals surface area contributed by atoms with Gasteiger partial charge in [0, 0.05) is 13.1 Å². The Labute approximate surface area is 150 Å². The standard InChI is InChI=1S/C21H29NO3/c1-3-25-21(24)14-20(23)17(2)22(15-18-10-6-4-7-11-18)16-19-12-8-5-9-13-19/h4,6-7,10-12,17H,3,5,8-9,13-16H2,1-2H3. The number of hydrogen-bond acceptors (Lipinski definition) is 4. The van der Waals surface area contributed by atoms with Gasteiger partial charge in [0.25, 0.3) is 0 Å². The Balaban J connectivity index is 2.07. The van der Waals surface area contributed by atoms with Crippen LogP contribution in [-0.2, 0) is 20.9 Å². The number of rotatable bonds is 9. The molecule has 1 unspecified atom stereocenters. The monoisotopic (exact) mass is 343 g/mol. The van der Waals surface area contributed by atoms with Crippen molar-refractivity contribution in [1.29, 1.82) is 0 Å². The Kier molecular flexibility index (Phi) is 7.86. The van der Waals surface area contributed by atoms with Gasteiger partial charge >= 0.3 is 5.97 Å². The molecule has 0 aliphatic heterocycles. The molecule has 1 aromatic carbocycles. The van der Waals surface area contributed by atoms with E-state index in [1.807, 2.05) is 25.1 Å². The summed E-state index contributed by atoms with van der Waals surface area (Å²) in [6, 6.07) is 9.85. The Morgan fingerprint density at radius 2 is 1.92 bits per heavy atom. The molecule has 1 atom stereocenters. The lowest BCUT2D eigenvalue weighted by atomic mass is 9.98. The van der Waals surface area contributed by atoms with Gasteiger partial charge in [0.15, 0.2) is 5.78 Å². The van der Waals surface area contributed by atoms with Gasteiger partial charge in [-0.25, -0.2) is 0 Å². The van der Waals surface area contributed by atoms with Gasteiger partial charge in [-0.15, -0.1) is 0 Å². The minimum Gasteiger partial charge on any atom is -0.466 e. The third-order valence-corrected chi connectivity index (χ3v) is 4.66. The molecule has 0 aromatic heterocycles. The van der Waals surface area contributed by atoms with Crippen molar-refractivity contribution in [3.8, 4) is 0 Å². The first kappa shape index (κ1) is 19.4. The molecule has 1 aromatic rings. The molecule has 0 radical (unpaired) electrons. The first-order valence-electron chi connectivity index (χ1n) is 9.24. The van der Waals surface area contributed by atoms with Crippen molar-refractivity contribution in [2.24, 2.45) is 0 Å². The Bertz CT molecular complexity index is 594. The quantitative estimate of drug-likeness (QED) is 0.388. The summed E-state index contributed by atoms with van der Waals surface area (Å²) in [4.78, 5) is 26.4. The van der Waals surface area contributed by atoms with Crippen LogP contribution in [0.3, 0.4) is 0 Å². The fourth-order valence-electron chi connectivity index (χ4n) is 3.16. The predicted octanol–water partition coefficient (Wildman–Crippen LogP) is 3.90. The Hall–Kier alpha value is -1.94. The number of allylic oxidation sites excluding steroid dienone is 1. The molecule has 0 fully saturated rings. The number of carbonyl (C=O) groups is 2. The average molecular weight is 343 g/mol. The lowest BCUT2D eigenvalue weighted by molar-refractivity contribution is -0.146. The van der Waals surface area contributed by atoms with Crippen LogP contribution in [0.25, 0.3) is 0 Å². The zero-order chi connectivity index (χ0) is 18.1. The molecular weight excluding hydrogens is 314 g/mol. The molecule has 4 heteroatoms. The highest BCUT2D eigenvalue weighted by Gasteiger charge is 2.25. The summed E-state index contributed by atoms with van der Waals surface area (Å²) in [5.74, 6) is -0.512. The van der Waals surface area contributed by atoms with Crippen molar-refractivity contribution in [2.75, 3.05) is 13.2 Å². The van der Waals surface area contributed by atoms with Gasteiger partial charge in [0.2, 0.25) is 0 Å². The molecule has 4 nitrogen and oxygen atoms in total. The van der Waals surface area contributed by atoms with Crippen LogP contribution in [0.4, 0.5) is 0 Å². The van der Waals surface area contributed by atoms with E-state index in [-0.39, 0.29) is 18.2 Å². The highest BCUT2D eigenvalue weighted by molar-refractivity contribution is 5.98. The van der Waals surface area contributed by atoms with Gasteiger partial charge in [-0.1, -0.05) is 42.0 Å². The number of ketones is 1. The van der Waals surface area contributed by atoms with E-state index in [1.54, 1.807) is 6.92 Å². The van der Waals surface area contributed by atoms with E-state index in [0.717, 1.165) is 19.4 Å². The summed E-state index contributed by atoms with van der Waals surface area (Å²) in [6.45, 7) is 5.44. The molecule has 0 amide bonds. The fraction of sp³-hybridized carbons (Fsp3) is 0.524. The number of benzene rings is 1. The fourth-order valence-corrected chi connectivity index (χ4v) is 3.16. The predicted molar refractivity (Wildman–Crippen MR) is 99.1 cm³/mol. The van der Waals surface area contributed by atoms with Crippen molar-refractivity contribution in [3.05, 3.63) is 47.5 Å². The summed E-state index contributed by atoms with van der Waals surface area (Å²) in [6.07, 6.45) is 6.85. The second-order valence-electron chi connectivity index (χ2n) is 6.62. The normalized spacial score (nSPS) is 15.6. The molecule has 0 heterocycles. The number of ether oxygens (including phenoxy) is 1. The molecule has 1 aliphatic carbocycles. The zero-order valence-corrected chi connectivity index (χ0v) is 15.4. The Morgan fingerprint density at radius 3 is 2.56 bits per heavy atom. The largest absolute Gasteiger partial charge is 0.466 e. The third kappa shape index (κ3) is 6.46. The summed E-state index contributed by atoms with van der Waals surface area (Å²) < 4.78 is 4.92. The number of carbonyl (C=O) groups excluding carboxylic acids is 2. The molecular formula is C21H29NO3. The number of esters is 1. The van der Waals surface area contributed by atoms with Crippen molar-refractivity contribution in [2.45, 2.75) is 58.5 Å². The molecule has 0 spiro atoms. The highest BCUT2D eigenvalue weighted by atomic mass is 16.5. The topological polar surface area (TPSA) is 46.6 Å². The van der Waals surface area contributed by atoms with Crippen LogP contribution in [-0.4, -0.2) is 35.8 Å². The van der Waals surface area contributed by atoms with Gasteiger partial charge in [-0.05, 0) is 45.1 Å². The summed E-state index contributed by atoms with van der Waals surface area (Å²) in [5, 5.41) is 0. The van der Waals surface area contributed by atoms with E-state index in [1.165, 1.54) is 24.0 Å². The van der Waals surface area contributed by atoms with Gasteiger partial charge < -0.3 is 4.74 Å². The number of Topliss-reactive ketones (excluding diaryl/α,β-unsaturated/α-hetero) is 1. The summed E-state index contributed by atoms with van der Waals surface area (Å²) in [5.41, 5.74) is 2.58. The van der Waals surface area contributed by atoms with E-state index >= 15 is 0 Å². The van der Waals surface area contributed by atoms with E-state index in [0.29, 0.717) is 13.2 Å². The van der Waals surface area contributed by atoms with Gasteiger partial charge in [-0.2, -0.15) is 0 Å². The molecule has 25 heavy (non-hydrogen) atoms. The third-order valence-electron chi connectivity index (χ3n) is 4.66. The van der Waals surface area contributed by atoms with Crippen LogP contribution in [0.1, 0.15) is 51.5 Å². The van der Waals surface area contributed by atoms with Crippen LogP contribution >= 0.6 is 0 Å². The van der Waals surface area contributed by atoms with E-state index in [2.05, 4.69) is 23.1 Å². The van der Waals surface area contributed by atoms with E-state index in [4.69, 9.17) is 4.74 Å². The van der Waals surface area contributed by atoms with E-state index in [9.17, 15) is 9.59 Å². The zero-order valence-electron chi connectivity index (χ0n) is 15.4. The minimum atomic E-state index is -0.434. The number of nitrogens with zero attached hydrogens (tertiary/aromatic N) is 1. The molecule has 0 bridgehead atoms. The summed E-state index contributed by atoms with van der Waals surface area (Å²) >= 11 is 0. The van der Waals surface area contributed by atoms with Crippen molar-refractivity contribution < 1.29 is 14.3 Å². The van der Waals surface area contributed by atoms with Crippen LogP contribution < -0.4 is 0 Å². The lowest BCUT2D eigenvalue weighted by Gasteiger charge is -2.30. The second-order valence-corrected chi connectivity index (χ2v) is 6.62. The van der Waals surface area contributed by atoms with Crippen LogP contribution in [0.5, 0.6) is 0 Å². The molecule has 0 N–H and O–H groups in total. The molecule has 0 saturated heterocycles. The minimum absolute atomic E-state index is 0.0780. The van der Waals surface area contributed by atoms with Gasteiger partial charge in [0.1, 0.15) is 6.42 Å². The van der Waals surface area contributed by atoms with Crippen molar-refractivity contribution in [1.82, 2.24) is 4.90 Å². The smallest absolute Gasteiger partial charge is 0.313 e. The average Bonchev–Trinajstić information content (AvgIpc) is 2.62. The Morgan fingerprint density at radius 1 is 1.16 bits per heavy atom. The van der Waals surface area contributed by atoms with Gasteiger partial charge in [0.05, 0.1) is 12.6 Å². The van der Waals surface area contributed by atoms with Gasteiger partial charge in [-0.3, -0.25) is 14.5 Å². The second kappa shape index (κ2) is 10.1. The molecule has 0 saturated carbocycles. The summed E-state index contributed by atoms with van der Waals surface area (Å²) in [7, 11) is 0. The van der Waals surface area contributed by atoms with Crippen LogP contribution in [0.2, 0.25) is 0 Å². The number of hydrogen-bond donors (Lipinski definition) is 0.